The Hall–Kier alpha value is -2.80. The van der Waals surface area contributed by atoms with E-state index in [0.29, 0.717) is 10.8 Å². The van der Waals surface area contributed by atoms with Gasteiger partial charge in [0, 0.05) is 18.2 Å². The molecule has 7 heteroatoms. The molecule has 0 saturated heterocycles. The third-order valence-corrected chi connectivity index (χ3v) is 6.70. The molecule has 5 aliphatic rings. The van der Waals surface area contributed by atoms with Gasteiger partial charge in [-0.05, 0) is 58.9 Å². The van der Waals surface area contributed by atoms with Gasteiger partial charge in [0.1, 0.15) is 5.83 Å². The topological polar surface area (TPSA) is 32.7 Å². The van der Waals surface area contributed by atoms with Crippen molar-refractivity contribution in [3.05, 3.63) is 88.5 Å². The molecule has 0 atom stereocenters. The van der Waals surface area contributed by atoms with E-state index in [2.05, 4.69) is 23.8 Å². The number of rotatable bonds is 4. The van der Waals surface area contributed by atoms with Crippen LogP contribution in [0, 0.1) is 5.41 Å². The molecule has 0 aromatic heterocycles. The molecule has 0 unspecified atom stereocenters. The van der Waals surface area contributed by atoms with Crippen molar-refractivity contribution in [1.82, 2.24) is 5.06 Å². The van der Waals surface area contributed by atoms with Crippen LogP contribution in [0.1, 0.15) is 43.7 Å². The van der Waals surface area contributed by atoms with Gasteiger partial charge >= 0.3 is 6.61 Å². The van der Waals surface area contributed by atoms with E-state index in [1.54, 1.807) is 6.08 Å². The normalized spacial score (nSPS) is 31.9. The van der Waals surface area contributed by atoms with Gasteiger partial charge in [0.25, 0.3) is 0 Å². The van der Waals surface area contributed by atoms with Crippen molar-refractivity contribution >= 4 is 5.57 Å². The number of ether oxygens (including phenoxy) is 1. The van der Waals surface area contributed by atoms with Crippen molar-refractivity contribution in [1.29, 1.82) is 0 Å². The van der Waals surface area contributed by atoms with E-state index in [0.717, 1.165) is 22.3 Å². The maximum Gasteiger partial charge on any atom is 0.387 e. The maximum absolute atomic E-state index is 14.1. The summed E-state index contributed by atoms with van der Waals surface area (Å²) in [7, 11) is 0. The average Bonchev–Trinajstić information content (AvgIpc) is 2.67. The van der Waals surface area contributed by atoms with E-state index in [1.165, 1.54) is 37.1 Å². The van der Waals surface area contributed by atoms with Crippen molar-refractivity contribution in [2.45, 2.75) is 44.6 Å². The largest absolute Gasteiger partial charge is 0.429 e. The fourth-order valence-corrected chi connectivity index (χ4v) is 5.55. The van der Waals surface area contributed by atoms with Crippen molar-refractivity contribution < 1.29 is 27.5 Å². The van der Waals surface area contributed by atoms with Crippen LogP contribution in [0.15, 0.2) is 77.4 Å². The van der Waals surface area contributed by atoms with Crippen LogP contribution in [-0.4, -0.2) is 16.9 Å². The van der Waals surface area contributed by atoms with E-state index in [4.69, 9.17) is 0 Å². The number of hydroxylamine groups is 2. The molecule has 1 heterocycles. The standard InChI is InChI=1S/C24H21F4NO2/c1-23-11-24(12-23,13-23)17-5-2-14(3-6-17)15-4-7-20(29(30)10-15)16-8-18(25)21(19(26)9-16)31-22(27)28/h2-8,10,22,30H,9,11-13H2,1H3. The Labute approximate surface area is 177 Å². The molecule has 1 aliphatic heterocycles. The molecule has 31 heavy (non-hydrogen) atoms. The first-order chi connectivity index (χ1) is 14.7. The van der Waals surface area contributed by atoms with Crippen LogP contribution in [0.5, 0.6) is 0 Å². The fourth-order valence-electron chi connectivity index (χ4n) is 5.55. The summed E-state index contributed by atoms with van der Waals surface area (Å²) in [4.78, 5) is 0. The summed E-state index contributed by atoms with van der Waals surface area (Å²) < 4.78 is 56.7. The Bertz CT molecular complexity index is 1080. The Morgan fingerprint density at radius 3 is 2.29 bits per heavy atom. The minimum atomic E-state index is -3.33. The van der Waals surface area contributed by atoms with Crippen LogP contribution in [0.25, 0.3) is 5.57 Å². The SMILES string of the molecule is CC12CC(c3ccc(C4=CN(O)C(=C5C=C(F)C(OC(F)F)=C(F)C5)C=C4)cc3)(C1)C2. The fraction of sp³-hybridized carbons (Fsp3) is 0.333. The number of halogens is 4. The molecule has 4 aliphatic carbocycles. The van der Waals surface area contributed by atoms with E-state index >= 15 is 0 Å². The van der Waals surface area contributed by atoms with Crippen molar-refractivity contribution in [2.24, 2.45) is 5.41 Å². The van der Waals surface area contributed by atoms with Crippen LogP contribution in [-0.2, 0) is 10.2 Å². The summed E-state index contributed by atoms with van der Waals surface area (Å²) in [5.41, 5.74) is 4.12. The monoisotopic (exact) mass is 431 g/mol. The second-order valence-electron chi connectivity index (χ2n) is 9.15. The van der Waals surface area contributed by atoms with Crippen LogP contribution in [0.2, 0.25) is 0 Å². The van der Waals surface area contributed by atoms with Crippen molar-refractivity contribution in [3.63, 3.8) is 0 Å². The predicted octanol–water partition coefficient (Wildman–Crippen LogP) is 6.66. The van der Waals surface area contributed by atoms with Gasteiger partial charge in [-0.2, -0.15) is 8.78 Å². The summed E-state index contributed by atoms with van der Waals surface area (Å²) in [6, 6.07) is 8.28. The molecule has 6 rings (SSSR count). The Morgan fingerprint density at radius 1 is 1.06 bits per heavy atom. The molecule has 2 bridgehead atoms. The Morgan fingerprint density at radius 2 is 1.74 bits per heavy atom. The summed E-state index contributed by atoms with van der Waals surface area (Å²) in [5.74, 6) is -3.50. The van der Waals surface area contributed by atoms with Crippen molar-refractivity contribution in [3.8, 4) is 0 Å². The molecule has 0 spiro atoms. The minimum absolute atomic E-state index is 0.109. The first kappa shape index (κ1) is 20.1. The molecule has 3 fully saturated rings. The Balaban J connectivity index is 1.34. The van der Waals surface area contributed by atoms with E-state index in [-0.39, 0.29) is 11.3 Å². The van der Waals surface area contributed by atoms with Gasteiger partial charge in [0.2, 0.25) is 0 Å². The third kappa shape index (κ3) is 3.31. The lowest BCUT2D eigenvalue weighted by Gasteiger charge is -2.70. The number of benzene rings is 1. The highest BCUT2D eigenvalue weighted by molar-refractivity contribution is 5.76. The quantitative estimate of drug-likeness (QED) is 0.541. The molecule has 3 nitrogen and oxygen atoms in total. The number of alkyl halides is 2. The van der Waals surface area contributed by atoms with E-state index < -0.39 is 30.4 Å². The van der Waals surface area contributed by atoms with E-state index in [1.807, 2.05) is 12.1 Å². The van der Waals surface area contributed by atoms with Crippen molar-refractivity contribution in [2.75, 3.05) is 0 Å². The summed E-state index contributed by atoms with van der Waals surface area (Å²) in [5, 5.41) is 11.2. The van der Waals surface area contributed by atoms with Gasteiger partial charge in [-0.15, -0.1) is 0 Å². The number of hydrogen-bond donors (Lipinski definition) is 1. The number of nitrogens with zero attached hydrogens (tertiary/aromatic N) is 1. The minimum Gasteiger partial charge on any atom is -0.429 e. The second kappa shape index (κ2) is 6.85. The Kier molecular flexibility index (Phi) is 4.45. The zero-order valence-corrected chi connectivity index (χ0v) is 16.8. The zero-order chi connectivity index (χ0) is 22.0. The smallest absolute Gasteiger partial charge is 0.387 e. The molecule has 1 aromatic carbocycles. The highest BCUT2D eigenvalue weighted by atomic mass is 19.3. The third-order valence-electron chi connectivity index (χ3n) is 6.70. The van der Waals surface area contributed by atoms with Gasteiger partial charge in [0.15, 0.2) is 11.6 Å². The van der Waals surface area contributed by atoms with Gasteiger partial charge < -0.3 is 4.74 Å². The summed E-state index contributed by atoms with van der Waals surface area (Å²) in [6.07, 6.45) is 8.87. The second-order valence-corrected chi connectivity index (χ2v) is 9.15. The van der Waals surface area contributed by atoms with Crippen LogP contribution in [0.4, 0.5) is 17.6 Å². The summed E-state index contributed by atoms with van der Waals surface area (Å²) >= 11 is 0. The predicted molar refractivity (Wildman–Crippen MR) is 107 cm³/mol. The van der Waals surface area contributed by atoms with E-state index in [9.17, 15) is 22.8 Å². The molecule has 0 amide bonds. The van der Waals surface area contributed by atoms with Gasteiger partial charge in [-0.25, -0.2) is 13.8 Å². The molecule has 3 saturated carbocycles. The maximum atomic E-state index is 14.1. The summed E-state index contributed by atoms with van der Waals surface area (Å²) in [6.45, 7) is -1.00. The van der Waals surface area contributed by atoms with Crippen LogP contribution >= 0.6 is 0 Å². The number of hydrogen-bond acceptors (Lipinski definition) is 3. The van der Waals surface area contributed by atoms with Gasteiger partial charge in [-0.1, -0.05) is 37.3 Å². The van der Waals surface area contributed by atoms with Gasteiger partial charge in [-0.3, -0.25) is 5.21 Å². The molecular weight excluding hydrogens is 410 g/mol. The zero-order valence-electron chi connectivity index (χ0n) is 16.8. The molecule has 1 N–H and O–H groups in total. The first-order valence-corrected chi connectivity index (χ1v) is 10.1. The number of allylic oxidation sites excluding steroid dienone is 7. The molecule has 162 valence electrons. The average molecular weight is 431 g/mol. The molecular formula is C24H21F4NO2. The molecule has 1 aromatic rings. The lowest BCUT2D eigenvalue weighted by molar-refractivity contribution is -0.125. The lowest BCUT2D eigenvalue weighted by Crippen LogP contribution is -2.62. The van der Waals surface area contributed by atoms with Crippen LogP contribution < -0.4 is 0 Å². The molecule has 0 radical (unpaired) electrons. The van der Waals surface area contributed by atoms with Crippen LogP contribution in [0.3, 0.4) is 0 Å². The lowest BCUT2D eigenvalue weighted by atomic mass is 9.34. The highest BCUT2D eigenvalue weighted by Gasteiger charge is 2.65. The first-order valence-electron chi connectivity index (χ1n) is 10.1. The highest BCUT2D eigenvalue weighted by Crippen LogP contribution is 2.73. The van der Waals surface area contributed by atoms with Gasteiger partial charge in [0.05, 0.1) is 5.70 Å².